The summed E-state index contributed by atoms with van der Waals surface area (Å²) < 4.78 is 7.10. The Morgan fingerprint density at radius 1 is 0.966 bits per heavy atom. The molecule has 0 fully saturated rings. The highest BCUT2D eigenvalue weighted by molar-refractivity contribution is 9.10. The van der Waals surface area contributed by atoms with Crippen molar-refractivity contribution in [1.29, 1.82) is 0 Å². The van der Waals surface area contributed by atoms with E-state index in [1.54, 1.807) is 6.07 Å². The molecule has 0 heterocycles. The van der Waals surface area contributed by atoms with E-state index >= 15 is 0 Å². The maximum absolute atomic E-state index is 6.26. The summed E-state index contributed by atoms with van der Waals surface area (Å²) in [6, 6.07) is 22.5. The van der Waals surface area contributed by atoms with Gasteiger partial charge in [-0.3, -0.25) is 0 Å². The number of benzene rings is 3. The van der Waals surface area contributed by atoms with Crippen LogP contribution in [0, 0.1) is 0 Å². The van der Waals surface area contributed by atoms with Gasteiger partial charge in [-0.15, -0.1) is 0 Å². The Hall–Kier alpha value is -1.52. The molecule has 0 radical (unpaired) electrons. The van der Waals surface area contributed by atoms with E-state index in [1.165, 1.54) is 5.56 Å². The first-order valence-electron chi connectivity index (χ1n) is 9.63. The van der Waals surface area contributed by atoms with Crippen molar-refractivity contribution < 1.29 is 4.74 Å². The minimum Gasteiger partial charge on any atom is -0.489 e. The topological polar surface area (TPSA) is 21.3 Å². The first kappa shape index (κ1) is 22.2. The summed E-state index contributed by atoms with van der Waals surface area (Å²) in [5.41, 5.74) is 3.39. The van der Waals surface area contributed by atoms with Crippen LogP contribution in [-0.2, 0) is 19.6 Å². The van der Waals surface area contributed by atoms with Gasteiger partial charge < -0.3 is 10.1 Å². The number of hydrogen-bond acceptors (Lipinski definition) is 2. The zero-order valence-corrected chi connectivity index (χ0v) is 19.4. The smallest absolute Gasteiger partial charge is 0.124 e. The van der Waals surface area contributed by atoms with Crippen LogP contribution in [0.1, 0.15) is 30.0 Å². The fourth-order valence-electron chi connectivity index (χ4n) is 3.04. The van der Waals surface area contributed by atoms with Crippen molar-refractivity contribution in [2.75, 3.05) is 0 Å². The Morgan fingerprint density at radius 3 is 2.52 bits per heavy atom. The van der Waals surface area contributed by atoms with E-state index in [9.17, 15) is 0 Å². The summed E-state index contributed by atoms with van der Waals surface area (Å²) in [7, 11) is 0. The summed E-state index contributed by atoms with van der Waals surface area (Å²) in [6.07, 6.45) is 2.14. The summed E-state index contributed by atoms with van der Waals surface area (Å²) in [6.45, 7) is 3.35. The number of rotatable bonds is 9. The molecule has 29 heavy (non-hydrogen) atoms. The Labute approximate surface area is 191 Å². The lowest BCUT2D eigenvalue weighted by Gasteiger charge is -2.17. The van der Waals surface area contributed by atoms with E-state index in [4.69, 9.17) is 27.9 Å². The van der Waals surface area contributed by atoms with Crippen LogP contribution in [0.25, 0.3) is 0 Å². The van der Waals surface area contributed by atoms with E-state index in [1.807, 2.05) is 24.3 Å². The Balaban J connectivity index is 1.58. The maximum Gasteiger partial charge on any atom is 0.124 e. The zero-order valence-electron chi connectivity index (χ0n) is 16.3. The maximum atomic E-state index is 6.26. The molecule has 1 N–H and O–H groups in total. The highest BCUT2D eigenvalue weighted by atomic mass is 79.9. The third-order valence-electron chi connectivity index (χ3n) is 4.77. The van der Waals surface area contributed by atoms with Crippen LogP contribution >= 0.6 is 39.1 Å². The quantitative estimate of drug-likeness (QED) is 0.335. The van der Waals surface area contributed by atoms with E-state index in [0.717, 1.165) is 40.7 Å². The molecular weight excluding hydrogens is 469 g/mol. The van der Waals surface area contributed by atoms with E-state index in [2.05, 4.69) is 64.6 Å². The Morgan fingerprint density at radius 2 is 1.76 bits per heavy atom. The third kappa shape index (κ3) is 7.04. The van der Waals surface area contributed by atoms with Gasteiger partial charge in [0.25, 0.3) is 0 Å². The third-order valence-corrected chi connectivity index (χ3v) is 5.85. The summed E-state index contributed by atoms with van der Waals surface area (Å²) in [5.74, 6) is 0.849. The minimum absolute atomic E-state index is 0.396. The van der Waals surface area contributed by atoms with Gasteiger partial charge in [0, 0.05) is 38.2 Å². The van der Waals surface area contributed by atoms with Crippen LogP contribution in [-0.4, -0.2) is 6.04 Å². The molecule has 152 valence electrons. The molecule has 0 aromatic heterocycles. The van der Waals surface area contributed by atoms with Crippen LogP contribution in [0.3, 0.4) is 0 Å². The molecule has 3 aromatic rings. The van der Waals surface area contributed by atoms with E-state index in [-0.39, 0.29) is 0 Å². The van der Waals surface area contributed by atoms with Crippen molar-refractivity contribution in [3.05, 3.63) is 97.9 Å². The molecule has 0 aliphatic heterocycles. The molecule has 0 amide bonds. The Kier molecular flexibility index (Phi) is 8.43. The van der Waals surface area contributed by atoms with Crippen LogP contribution in [0.15, 0.2) is 71.2 Å². The van der Waals surface area contributed by atoms with Gasteiger partial charge in [-0.25, -0.2) is 0 Å². The molecule has 0 aliphatic rings. The largest absolute Gasteiger partial charge is 0.489 e. The molecule has 3 aromatic carbocycles. The van der Waals surface area contributed by atoms with Crippen LogP contribution in [0.2, 0.25) is 10.0 Å². The highest BCUT2D eigenvalue weighted by Crippen LogP contribution is 2.27. The van der Waals surface area contributed by atoms with Gasteiger partial charge in [0.15, 0.2) is 0 Å². The second-order valence-corrected chi connectivity index (χ2v) is 8.84. The minimum atomic E-state index is 0.396. The van der Waals surface area contributed by atoms with E-state index in [0.29, 0.717) is 22.7 Å². The average molecular weight is 493 g/mol. The molecule has 0 bridgehead atoms. The fraction of sp³-hybridized carbons (Fsp3) is 0.250. The van der Waals surface area contributed by atoms with Gasteiger partial charge in [-0.1, -0.05) is 75.5 Å². The van der Waals surface area contributed by atoms with Crippen molar-refractivity contribution in [3.63, 3.8) is 0 Å². The molecule has 3 rings (SSSR count). The number of hydrogen-bond donors (Lipinski definition) is 1. The molecular formula is C24H24BrCl2NO. The molecule has 0 saturated carbocycles. The lowest BCUT2D eigenvalue weighted by Crippen LogP contribution is -2.26. The number of ether oxygens (including phenoxy) is 1. The predicted octanol–water partition coefficient (Wildman–Crippen LogP) is 7.45. The van der Waals surface area contributed by atoms with E-state index < -0.39 is 0 Å². The first-order chi connectivity index (χ1) is 14.0. The molecule has 2 nitrogen and oxygen atoms in total. The SMILES string of the molecule is CC(CCc1ccccc1)NCc1cc(Br)ccc1OCc1ccc(Cl)cc1Cl. The second kappa shape index (κ2) is 11.0. The summed E-state index contributed by atoms with van der Waals surface area (Å²) in [5, 5.41) is 4.85. The zero-order chi connectivity index (χ0) is 20.6. The van der Waals surface area contributed by atoms with Crippen molar-refractivity contribution in [1.82, 2.24) is 5.32 Å². The van der Waals surface area contributed by atoms with Gasteiger partial charge >= 0.3 is 0 Å². The second-order valence-electron chi connectivity index (χ2n) is 7.08. The summed E-state index contributed by atoms with van der Waals surface area (Å²) >= 11 is 15.8. The van der Waals surface area contributed by atoms with Crippen LogP contribution in [0.4, 0.5) is 0 Å². The van der Waals surface area contributed by atoms with Gasteiger partial charge in [-0.05, 0) is 55.7 Å². The van der Waals surface area contributed by atoms with Crippen LogP contribution < -0.4 is 10.1 Å². The van der Waals surface area contributed by atoms with Gasteiger partial charge in [0.05, 0.1) is 0 Å². The summed E-state index contributed by atoms with van der Waals surface area (Å²) in [4.78, 5) is 0. The fourth-order valence-corrected chi connectivity index (χ4v) is 3.91. The Bertz CT molecular complexity index is 933. The average Bonchev–Trinajstić information content (AvgIpc) is 2.72. The number of halogens is 3. The molecule has 0 spiro atoms. The highest BCUT2D eigenvalue weighted by Gasteiger charge is 2.09. The lowest BCUT2D eigenvalue weighted by molar-refractivity contribution is 0.301. The van der Waals surface area contributed by atoms with Crippen molar-refractivity contribution in [2.45, 2.75) is 39.0 Å². The molecule has 5 heteroatoms. The molecule has 1 unspecified atom stereocenters. The van der Waals surface area contributed by atoms with Crippen molar-refractivity contribution in [3.8, 4) is 5.75 Å². The molecule has 0 saturated heterocycles. The van der Waals surface area contributed by atoms with Gasteiger partial charge in [0.2, 0.25) is 0 Å². The lowest BCUT2D eigenvalue weighted by atomic mass is 10.1. The monoisotopic (exact) mass is 491 g/mol. The van der Waals surface area contributed by atoms with Crippen molar-refractivity contribution >= 4 is 39.1 Å². The number of aryl methyl sites for hydroxylation is 1. The number of nitrogens with one attached hydrogen (secondary N) is 1. The van der Waals surface area contributed by atoms with Gasteiger partial charge in [-0.2, -0.15) is 0 Å². The molecule has 0 aliphatic carbocycles. The van der Waals surface area contributed by atoms with Gasteiger partial charge in [0.1, 0.15) is 12.4 Å². The normalized spacial score (nSPS) is 12.0. The molecule has 1 atom stereocenters. The first-order valence-corrected chi connectivity index (χ1v) is 11.2. The van der Waals surface area contributed by atoms with Crippen LogP contribution in [0.5, 0.6) is 5.75 Å². The standard InChI is InChI=1S/C24H24BrCl2NO/c1-17(7-8-18-5-3-2-4-6-18)28-15-20-13-21(25)10-12-24(20)29-16-19-9-11-22(26)14-23(19)27/h2-6,9-14,17,28H,7-8,15-16H2,1H3. The van der Waals surface area contributed by atoms with Crippen molar-refractivity contribution in [2.24, 2.45) is 0 Å². The predicted molar refractivity (Wildman–Crippen MR) is 126 cm³/mol.